The molecule has 0 amide bonds. The zero-order chi connectivity index (χ0) is 22.5. The quantitative estimate of drug-likeness (QED) is 0.198. The molecule has 0 spiro atoms. The molecule has 32 heavy (non-hydrogen) atoms. The van der Waals surface area contributed by atoms with Gasteiger partial charge >= 0.3 is 5.97 Å². The molecule has 0 radical (unpaired) electrons. The molecule has 1 N–H and O–H groups in total. The van der Waals surface area contributed by atoms with Crippen molar-refractivity contribution in [2.45, 2.75) is 13.3 Å². The molecule has 0 aromatic heterocycles. The Morgan fingerprint density at radius 2 is 1.19 bits per heavy atom. The van der Waals surface area contributed by atoms with Crippen LogP contribution in [0.15, 0.2) is 109 Å². The molecule has 5 rings (SSSR count). The second-order valence-electron chi connectivity index (χ2n) is 7.67. The SMILES string of the molecule is C=C(C)C(=O)Oc1ccccc1-c1ccccc1O.c1ccc2c(c1)Cc1ccccc1-2. The summed E-state index contributed by atoms with van der Waals surface area (Å²) in [4.78, 5) is 11.6. The largest absolute Gasteiger partial charge is 0.507 e. The number of carbonyl (C=O) groups excluding carboxylic acids is 1. The summed E-state index contributed by atoms with van der Waals surface area (Å²) in [6, 6.07) is 31.3. The van der Waals surface area contributed by atoms with E-state index in [1.807, 2.05) is 12.1 Å². The molecule has 0 fully saturated rings. The van der Waals surface area contributed by atoms with Crippen molar-refractivity contribution in [2.75, 3.05) is 0 Å². The van der Waals surface area contributed by atoms with Gasteiger partial charge in [0.25, 0.3) is 0 Å². The molecule has 0 aliphatic heterocycles. The van der Waals surface area contributed by atoms with Gasteiger partial charge in [-0.05, 0) is 47.7 Å². The van der Waals surface area contributed by atoms with Gasteiger partial charge in [-0.2, -0.15) is 0 Å². The van der Waals surface area contributed by atoms with Crippen molar-refractivity contribution in [1.82, 2.24) is 0 Å². The van der Waals surface area contributed by atoms with Gasteiger partial charge in [0.15, 0.2) is 0 Å². The Kier molecular flexibility index (Phi) is 6.18. The molecule has 0 unspecified atom stereocenters. The normalized spacial score (nSPS) is 10.9. The lowest BCUT2D eigenvalue weighted by Gasteiger charge is -2.11. The first-order chi connectivity index (χ1) is 15.5. The van der Waals surface area contributed by atoms with E-state index in [0.717, 1.165) is 6.42 Å². The highest BCUT2D eigenvalue weighted by Crippen LogP contribution is 2.36. The summed E-state index contributed by atoms with van der Waals surface area (Å²) in [6.45, 7) is 5.14. The van der Waals surface area contributed by atoms with Crippen LogP contribution in [0.5, 0.6) is 11.5 Å². The smallest absolute Gasteiger partial charge is 0.338 e. The van der Waals surface area contributed by atoms with Gasteiger partial charge in [0.1, 0.15) is 11.5 Å². The Morgan fingerprint density at radius 1 is 0.719 bits per heavy atom. The highest BCUT2D eigenvalue weighted by molar-refractivity contribution is 5.90. The molecular formula is C29H24O3. The highest BCUT2D eigenvalue weighted by atomic mass is 16.5. The second-order valence-corrected chi connectivity index (χ2v) is 7.67. The first-order valence-corrected chi connectivity index (χ1v) is 10.5. The number of esters is 1. The standard InChI is InChI=1S/C16H14O3.C13H10/c1-11(2)16(18)19-15-10-6-4-8-13(15)12-7-3-5-9-14(12)17;1-3-7-12-10(5-1)9-11-6-2-4-8-13(11)12/h3-10,17H,1H2,2H3;1-8H,9H2. The molecule has 158 valence electrons. The minimum Gasteiger partial charge on any atom is -0.507 e. The van der Waals surface area contributed by atoms with Crippen molar-refractivity contribution < 1.29 is 14.6 Å². The molecular weight excluding hydrogens is 396 g/mol. The fourth-order valence-electron chi connectivity index (χ4n) is 3.75. The third-order valence-electron chi connectivity index (χ3n) is 5.34. The molecule has 0 saturated heterocycles. The van der Waals surface area contributed by atoms with Crippen LogP contribution in [-0.4, -0.2) is 11.1 Å². The van der Waals surface area contributed by atoms with Gasteiger partial charge in [-0.1, -0.05) is 91.5 Å². The Balaban J connectivity index is 0.000000163. The molecule has 4 aromatic carbocycles. The third kappa shape index (κ3) is 4.47. The van der Waals surface area contributed by atoms with E-state index >= 15 is 0 Å². The molecule has 3 nitrogen and oxygen atoms in total. The minimum absolute atomic E-state index is 0.140. The van der Waals surface area contributed by atoms with E-state index in [1.165, 1.54) is 22.3 Å². The first kappa shape index (κ1) is 21.1. The number of carbonyl (C=O) groups is 1. The topological polar surface area (TPSA) is 46.5 Å². The number of hydrogen-bond donors (Lipinski definition) is 1. The number of aromatic hydroxyl groups is 1. The van der Waals surface area contributed by atoms with Gasteiger partial charge in [0.2, 0.25) is 0 Å². The maximum Gasteiger partial charge on any atom is 0.338 e. The fourth-order valence-corrected chi connectivity index (χ4v) is 3.75. The molecule has 0 bridgehead atoms. The van der Waals surface area contributed by atoms with E-state index < -0.39 is 5.97 Å². The van der Waals surface area contributed by atoms with Crippen LogP contribution in [0.2, 0.25) is 0 Å². The van der Waals surface area contributed by atoms with Crippen LogP contribution in [0.3, 0.4) is 0 Å². The van der Waals surface area contributed by atoms with E-state index in [2.05, 4.69) is 55.1 Å². The Morgan fingerprint density at radius 3 is 1.75 bits per heavy atom. The van der Waals surface area contributed by atoms with Crippen molar-refractivity contribution in [3.8, 4) is 33.8 Å². The molecule has 0 heterocycles. The van der Waals surface area contributed by atoms with E-state index in [-0.39, 0.29) is 5.75 Å². The van der Waals surface area contributed by atoms with Gasteiger partial charge in [0.05, 0.1) is 0 Å². The predicted octanol–water partition coefficient (Wildman–Crippen LogP) is 6.80. The zero-order valence-corrected chi connectivity index (χ0v) is 17.9. The zero-order valence-electron chi connectivity index (χ0n) is 17.9. The number of hydrogen-bond acceptors (Lipinski definition) is 3. The summed E-state index contributed by atoms with van der Waals surface area (Å²) < 4.78 is 5.27. The average Bonchev–Trinajstić information content (AvgIpc) is 3.19. The van der Waals surface area contributed by atoms with Gasteiger partial charge in [-0.3, -0.25) is 0 Å². The van der Waals surface area contributed by atoms with Crippen molar-refractivity contribution in [2.24, 2.45) is 0 Å². The van der Waals surface area contributed by atoms with Crippen LogP contribution in [-0.2, 0) is 11.2 Å². The highest BCUT2D eigenvalue weighted by Gasteiger charge is 2.16. The summed E-state index contributed by atoms with van der Waals surface area (Å²) in [5.74, 6) is 0.0567. The van der Waals surface area contributed by atoms with Crippen LogP contribution in [0.1, 0.15) is 18.1 Å². The lowest BCUT2D eigenvalue weighted by atomic mass is 10.0. The number of phenolic OH excluding ortho intramolecular Hbond substituents is 1. The Bertz CT molecular complexity index is 1240. The number of para-hydroxylation sites is 2. The molecule has 1 aliphatic carbocycles. The maximum absolute atomic E-state index is 11.6. The van der Waals surface area contributed by atoms with E-state index in [0.29, 0.717) is 22.4 Å². The summed E-state index contributed by atoms with van der Waals surface area (Å²) in [6.07, 6.45) is 1.10. The fraction of sp³-hybridized carbons (Fsp3) is 0.0690. The molecule has 1 aliphatic rings. The second kappa shape index (κ2) is 9.36. The number of ether oxygens (including phenoxy) is 1. The monoisotopic (exact) mass is 420 g/mol. The lowest BCUT2D eigenvalue weighted by Crippen LogP contribution is -2.08. The predicted molar refractivity (Wildman–Crippen MR) is 129 cm³/mol. The first-order valence-electron chi connectivity index (χ1n) is 10.5. The average molecular weight is 421 g/mol. The van der Waals surface area contributed by atoms with Gasteiger partial charge in [-0.15, -0.1) is 0 Å². The van der Waals surface area contributed by atoms with Crippen molar-refractivity contribution in [1.29, 1.82) is 0 Å². The minimum atomic E-state index is -0.483. The van der Waals surface area contributed by atoms with E-state index in [1.54, 1.807) is 43.3 Å². The Hall–Kier alpha value is -4.11. The lowest BCUT2D eigenvalue weighted by molar-refractivity contribution is -0.130. The van der Waals surface area contributed by atoms with Crippen LogP contribution >= 0.6 is 0 Å². The van der Waals surface area contributed by atoms with E-state index in [9.17, 15) is 9.90 Å². The summed E-state index contributed by atoms with van der Waals surface area (Å²) in [5.41, 5.74) is 7.36. The van der Waals surface area contributed by atoms with Crippen molar-refractivity contribution >= 4 is 5.97 Å². The summed E-state index contributed by atoms with van der Waals surface area (Å²) in [7, 11) is 0. The molecule has 3 heteroatoms. The number of fused-ring (bicyclic) bond motifs is 3. The number of benzene rings is 4. The number of phenols is 1. The molecule has 0 atom stereocenters. The third-order valence-corrected chi connectivity index (χ3v) is 5.34. The van der Waals surface area contributed by atoms with Gasteiger partial charge < -0.3 is 9.84 Å². The van der Waals surface area contributed by atoms with Crippen molar-refractivity contribution in [3.05, 3.63) is 120 Å². The van der Waals surface area contributed by atoms with Crippen molar-refractivity contribution in [3.63, 3.8) is 0 Å². The van der Waals surface area contributed by atoms with Crippen LogP contribution in [0.4, 0.5) is 0 Å². The van der Waals surface area contributed by atoms with Crippen LogP contribution in [0.25, 0.3) is 22.3 Å². The van der Waals surface area contributed by atoms with Crippen LogP contribution < -0.4 is 4.74 Å². The van der Waals surface area contributed by atoms with E-state index in [4.69, 9.17) is 4.74 Å². The van der Waals surface area contributed by atoms with Crippen LogP contribution in [0, 0.1) is 0 Å². The Labute approximate surface area is 188 Å². The molecule has 0 saturated carbocycles. The molecule has 4 aromatic rings. The summed E-state index contributed by atoms with van der Waals surface area (Å²) >= 11 is 0. The maximum atomic E-state index is 11.6. The number of rotatable bonds is 3. The van der Waals surface area contributed by atoms with Gasteiger partial charge in [0, 0.05) is 16.7 Å². The van der Waals surface area contributed by atoms with Gasteiger partial charge in [-0.25, -0.2) is 4.79 Å². The summed E-state index contributed by atoms with van der Waals surface area (Å²) in [5, 5.41) is 9.87.